The summed E-state index contributed by atoms with van der Waals surface area (Å²) < 4.78 is 14.2. The van der Waals surface area contributed by atoms with Gasteiger partial charge in [0.25, 0.3) is 0 Å². The minimum Gasteiger partial charge on any atom is -0.316 e. The molecule has 2 aromatic carbocycles. The number of para-hydroxylation sites is 1. The van der Waals surface area contributed by atoms with Crippen LogP contribution in [0.1, 0.15) is 16.9 Å². The Morgan fingerprint density at radius 1 is 1.10 bits per heavy atom. The molecule has 4 aromatic rings. The van der Waals surface area contributed by atoms with Gasteiger partial charge in [-0.25, -0.2) is 9.37 Å². The van der Waals surface area contributed by atoms with E-state index in [1.165, 1.54) is 34.3 Å². The van der Waals surface area contributed by atoms with Gasteiger partial charge < -0.3 is 5.32 Å². The molecule has 146 valence electrons. The molecule has 0 unspecified atom stereocenters. The summed E-state index contributed by atoms with van der Waals surface area (Å²) in [5, 5.41) is 5.00. The number of thiophene rings is 1. The molecular weight excluding hydrogens is 423 g/mol. The van der Waals surface area contributed by atoms with Gasteiger partial charge in [0.2, 0.25) is 5.91 Å². The van der Waals surface area contributed by atoms with E-state index in [9.17, 15) is 9.18 Å². The lowest BCUT2D eigenvalue weighted by atomic mass is 10.1. The van der Waals surface area contributed by atoms with Crippen molar-refractivity contribution in [2.75, 3.05) is 11.1 Å². The first-order valence-corrected chi connectivity index (χ1v) is 12.0. The van der Waals surface area contributed by atoms with Crippen LogP contribution in [0.4, 0.5) is 9.39 Å². The van der Waals surface area contributed by atoms with Crippen molar-refractivity contribution in [3.8, 4) is 10.6 Å². The van der Waals surface area contributed by atoms with E-state index in [2.05, 4.69) is 11.4 Å². The molecule has 0 aliphatic heterocycles. The van der Waals surface area contributed by atoms with Crippen LogP contribution in [0.3, 0.4) is 0 Å². The lowest BCUT2D eigenvalue weighted by molar-refractivity contribution is -0.113. The SMILES string of the molecule is O=C(CSc1ccc(F)cc1)Nc1sc2c(c1-c1nc3ccccc3s1)CCC2. The molecule has 1 aliphatic rings. The van der Waals surface area contributed by atoms with E-state index in [1.54, 1.807) is 34.8 Å². The lowest BCUT2D eigenvalue weighted by Gasteiger charge is -2.07. The van der Waals surface area contributed by atoms with Crippen molar-refractivity contribution < 1.29 is 9.18 Å². The van der Waals surface area contributed by atoms with E-state index in [4.69, 9.17) is 4.98 Å². The second-order valence-corrected chi connectivity index (χ2v) is 10.0. The highest BCUT2D eigenvalue weighted by molar-refractivity contribution is 8.00. The first-order chi connectivity index (χ1) is 14.2. The van der Waals surface area contributed by atoms with Crippen molar-refractivity contribution in [3.05, 3.63) is 64.8 Å². The molecule has 0 radical (unpaired) electrons. The Labute approximate surface area is 180 Å². The van der Waals surface area contributed by atoms with Crippen LogP contribution >= 0.6 is 34.4 Å². The minimum absolute atomic E-state index is 0.0541. The number of rotatable bonds is 5. The molecular formula is C22H17FN2OS3. The van der Waals surface area contributed by atoms with Gasteiger partial charge in [-0.3, -0.25) is 4.79 Å². The molecule has 2 heterocycles. The summed E-state index contributed by atoms with van der Waals surface area (Å²) >= 11 is 4.76. The van der Waals surface area contributed by atoms with Crippen LogP contribution in [0.5, 0.6) is 0 Å². The van der Waals surface area contributed by atoms with Crippen molar-refractivity contribution in [3.63, 3.8) is 0 Å². The molecule has 5 rings (SSSR count). The zero-order valence-corrected chi connectivity index (χ0v) is 17.9. The number of hydrogen-bond acceptors (Lipinski definition) is 5. The molecule has 0 fully saturated rings. The molecule has 7 heteroatoms. The summed E-state index contributed by atoms with van der Waals surface area (Å²) in [6, 6.07) is 14.3. The maximum Gasteiger partial charge on any atom is 0.235 e. The Morgan fingerprint density at radius 3 is 2.76 bits per heavy atom. The smallest absolute Gasteiger partial charge is 0.235 e. The van der Waals surface area contributed by atoms with E-state index < -0.39 is 0 Å². The quantitative estimate of drug-likeness (QED) is 0.366. The zero-order valence-electron chi connectivity index (χ0n) is 15.4. The standard InChI is InChI=1S/C22H17FN2OS3/c23-13-8-10-14(11-9-13)27-12-19(26)25-22-20(15-4-3-7-17(15)28-22)21-24-16-5-1-2-6-18(16)29-21/h1-2,5-6,8-11H,3-4,7,12H2,(H,25,26). The van der Waals surface area contributed by atoms with Gasteiger partial charge in [-0.15, -0.1) is 34.4 Å². The number of fused-ring (bicyclic) bond motifs is 2. The van der Waals surface area contributed by atoms with Gasteiger partial charge in [-0.2, -0.15) is 0 Å². The molecule has 29 heavy (non-hydrogen) atoms. The predicted octanol–water partition coefficient (Wildman–Crippen LogP) is 6.38. The van der Waals surface area contributed by atoms with Crippen LogP contribution in [0, 0.1) is 5.82 Å². The highest BCUT2D eigenvalue weighted by Crippen LogP contribution is 2.47. The first-order valence-electron chi connectivity index (χ1n) is 9.36. The largest absolute Gasteiger partial charge is 0.316 e. The zero-order chi connectivity index (χ0) is 19.8. The number of aromatic nitrogens is 1. The normalized spacial score (nSPS) is 13.0. The molecule has 1 amide bonds. The maximum atomic E-state index is 13.0. The third-order valence-corrected chi connectivity index (χ3v) is 8.14. The second kappa shape index (κ2) is 7.89. The Bertz CT molecular complexity index is 1160. The van der Waals surface area contributed by atoms with Gasteiger partial charge in [-0.1, -0.05) is 12.1 Å². The maximum absolute atomic E-state index is 13.0. The summed E-state index contributed by atoms with van der Waals surface area (Å²) in [5.41, 5.74) is 3.44. The molecule has 0 saturated carbocycles. The molecule has 0 spiro atoms. The summed E-state index contributed by atoms with van der Waals surface area (Å²) in [6.07, 6.45) is 3.27. The number of anilines is 1. The summed E-state index contributed by atoms with van der Waals surface area (Å²) in [6.45, 7) is 0. The fraction of sp³-hybridized carbons (Fsp3) is 0.182. The van der Waals surface area contributed by atoms with Crippen molar-refractivity contribution in [2.24, 2.45) is 0 Å². The number of halogens is 1. The Morgan fingerprint density at radius 2 is 1.93 bits per heavy atom. The minimum atomic E-state index is -0.271. The fourth-order valence-corrected chi connectivity index (χ4v) is 6.65. The number of nitrogens with one attached hydrogen (secondary N) is 1. The highest BCUT2D eigenvalue weighted by Gasteiger charge is 2.26. The van der Waals surface area contributed by atoms with Gasteiger partial charge in [-0.05, 0) is 61.2 Å². The molecule has 2 aromatic heterocycles. The van der Waals surface area contributed by atoms with Crippen LogP contribution in [0.2, 0.25) is 0 Å². The fourth-order valence-electron chi connectivity index (χ4n) is 3.54. The van der Waals surface area contributed by atoms with Gasteiger partial charge in [0.1, 0.15) is 15.8 Å². The van der Waals surface area contributed by atoms with Crippen LogP contribution in [0.25, 0.3) is 20.8 Å². The summed E-state index contributed by atoms with van der Waals surface area (Å²) in [7, 11) is 0. The molecule has 1 aliphatic carbocycles. The lowest BCUT2D eigenvalue weighted by Crippen LogP contribution is -2.13. The van der Waals surface area contributed by atoms with Crippen LogP contribution in [-0.4, -0.2) is 16.6 Å². The average molecular weight is 441 g/mol. The predicted molar refractivity (Wildman–Crippen MR) is 121 cm³/mol. The number of aryl methyl sites for hydroxylation is 1. The summed E-state index contributed by atoms with van der Waals surface area (Å²) in [5.74, 6) is -0.0398. The van der Waals surface area contributed by atoms with E-state index in [0.29, 0.717) is 0 Å². The van der Waals surface area contributed by atoms with Gasteiger partial charge in [0, 0.05) is 15.3 Å². The van der Waals surface area contributed by atoms with Crippen LogP contribution in [-0.2, 0) is 17.6 Å². The van der Waals surface area contributed by atoms with E-state index in [-0.39, 0.29) is 17.5 Å². The highest BCUT2D eigenvalue weighted by atomic mass is 32.2. The second-order valence-electron chi connectivity index (χ2n) is 6.84. The molecule has 1 N–H and O–H groups in total. The molecule has 0 atom stereocenters. The number of benzene rings is 2. The number of carbonyl (C=O) groups excluding carboxylic acids is 1. The molecule has 0 bridgehead atoms. The Balaban J connectivity index is 1.40. The summed E-state index contributed by atoms with van der Waals surface area (Å²) in [4.78, 5) is 19.7. The number of thiazole rings is 1. The van der Waals surface area contributed by atoms with Gasteiger partial charge >= 0.3 is 0 Å². The van der Waals surface area contributed by atoms with Crippen molar-refractivity contribution in [1.29, 1.82) is 0 Å². The molecule has 3 nitrogen and oxygen atoms in total. The Hall–Kier alpha value is -2.22. The number of nitrogens with zero attached hydrogens (tertiary/aromatic N) is 1. The average Bonchev–Trinajstić information content (AvgIpc) is 3.41. The van der Waals surface area contributed by atoms with Crippen LogP contribution in [0.15, 0.2) is 53.4 Å². The number of amides is 1. The van der Waals surface area contributed by atoms with Crippen LogP contribution < -0.4 is 5.32 Å². The van der Waals surface area contributed by atoms with Gasteiger partial charge in [0.15, 0.2) is 0 Å². The van der Waals surface area contributed by atoms with E-state index in [1.807, 2.05) is 18.2 Å². The third kappa shape index (κ3) is 3.82. The monoisotopic (exact) mass is 440 g/mol. The van der Waals surface area contributed by atoms with Crippen molar-refractivity contribution >= 4 is 55.6 Å². The third-order valence-electron chi connectivity index (χ3n) is 4.87. The van der Waals surface area contributed by atoms with E-state index in [0.717, 1.165) is 49.9 Å². The molecule has 0 saturated heterocycles. The Kier molecular flexibility index (Phi) is 5.11. The number of thioether (sulfide) groups is 1. The number of hydrogen-bond donors (Lipinski definition) is 1. The van der Waals surface area contributed by atoms with E-state index >= 15 is 0 Å². The van der Waals surface area contributed by atoms with Crippen molar-refractivity contribution in [1.82, 2.24) is 4.98 Å². The van der Waals surface area contributed by atoms with Gasteiger partial charge in [0.05, 0.1) is 16.0 Å². The number of carbonyl (C=O) groups is 1. The van der Waals surface area contributed by atoms with Crippen molar-refractivity contribution in [2.45, 2.75) is 24.2 Å². The topological polar surface area (TPSA) is 42.0 Å². The first kappa shape index (κ1) is 18.8.